The van der Waals surface area contributed by atoms with Gasteiger partial charge in [0.25, 0.3) is 0 Å². The molecule has 128 valence electrons. The van der Waals surface area contributed by atoms with Crippen LogP contribution in [0.2, 0.25) is 5.02 Å². The standard InChI is InChI=1S/C17H18ClNO4S/c18-13-3-5-15(6-4-13)23-16-7-9-17(10-8-16)24(20,21)19-14-2-1-11-22-12-14/h3-10,14,19H,1-2,11-12H2/t14-/m1/s1. The first-order valence-corrected chi connectivity index (χ1v) is 9.53. The largest absolute Gasteiger partial charge is 0.457 e. The number of rotatable bonds is 5. The SMILES string of the molecule is O=S(=O)(N[C@@H]1CCCOC1)c1ccc(Oc2ccc(Cl)cc2)cc1. The zero-order chi connectivity index (χ0) is 17.0. The lowest BCUT2D eigenvalue weighted by Crippen LogP contribution is -2.40. The summed E-state index contributed by atoms with van der Waals surface area (Å²) in [5.74, 6) is 1.18. The molecule has 3 rings (SSSR count). The average Bonchev–Trinajstić information content (AvgIpc) is 2.58. The highest BCUT2D eigenvalue weighted by atomic mass is 35.5. The molecule has 1 saturated heterocycles. The Morgan fingerprint density at radius 3 is 2.25 bits per heavy atom. The molecule has 1 atom stereocenters. The molecule has 7 heteroatoms. The van der Waals surface area contributed by atoms with E-state index in [4.69, 9.17) is 21.1 Å². The Hall–Kier alpha value is -1.60. The van der Waals surface area contributed by atoms with Crippen LogP contribution in [0.15, 0.2) is 53.4 Å². The Morgan fingerprint density at radius 2 is 1.67 bits per heavy atom. The van der Waals surface area contributed by atoms with Crippen LogP contribution in [0, 0.1) is 0 Å². The fraction of sp³-hybridized carbons (Fsp3) is 0.294. The van der Waals surface area contributed by atoms with Crippen LogP contribution in [0.1, 0.15) is 12.8 Å². The van der Waals surface area contributed by atoms with Crippen LogP contribution in [0.4, 0.5) is 0 Å². The van der Waals surface area contributed by atoms with Gasteiger partial charge in [0.1, 0.15) is 11.5 Å². The predicted octanol–water partition coefficient (Wildman–Crippen LogP) is 3.59. The molecule has 1 heterocycles. The number of ether oxygens (including phenoxy) is 2. The Kier molecular flexibility index (Phi) is 5.40. The molecule has 2 aromatic rings. The highest BCUT2D eigenvalue weighted by molar-refractivity contribution is 7.89. The Bertz CT molecular complexity index is 769. The van der Waals surface area contributed by atoms with Crippen molar-refractivity contribution in [2.45, 2.75) is 23.8 Å². The second-order valence-electron chi connectivity index (χ2n) is 5.56. The van der Waals surface area contributed by atoms with Crippen LogP contribution >= 0.6 is 11.6 Å². The van der Waals surface area contributed by atoms with Gasteiger partial charge in [-0.3, -0.25) is 0 Å². The third-order valence-corrected chi connectivity index (χ3v) is 5.45. The minimum absolute atomic E-state index is 0.172. The van der Waals surface area contributed by atoms with E-state index in [0.717, 1.165) is 12.8 Å². The zero-order valence-corrected chi connectivity index (χ0v) is 14.5. The molecule has 0 aromatic heterocycles. The van der Waals surface area contributed by atoms with Gasteiger partial charge in [0.2, 0.25) is 10.0 Å². The van der Waals surface area contributed by atoms with Crippen molar-refractivity contribution in [1.82, 2.24) is 4.72 Å². The monoisotopic (exact) mass is 367 g/mol. The van der Waals surface area contributed by atoms with E-state index in [9.17, 15) is 8.42 Å². The second-order valence-corrected chi connectivity index (χ2v) is 7.71. The predicted molar refractivity (Wildman–Crippen MR) is 92.1 cm³/mol. The number of nitrogens with one attached hydrogen (secondary N) is 1. The Labute approximate surface area is 146 Å². The van der Waals surface area contributed by atoms with Gasteiger partial charge in [-0.2, -0.15) is 0 Å². The van der Waals surface area contributed by atoms with Crippen molar-refractivity contribution in [3.63, 3.8) is 0 Å². The molecular formula is C17H18ClNO4S. The van der Waals surface area contributed by atoms with Crippen LogP contribution in [0.3, 0.4) is 0 Å². The molecule has 0 bridgehead atoms. The van der Waals surface area contributed by atoms with E-state index in [1.54, 1.807) is 36.4 Å². The van der Waals surface area contributed by atoms with Crippen LogP contribution in [0.5, 0.6) is 11.5 Å². The lowest BCUT2D eigenvalue weighted by molar-refractivity contribution is 0.0774. The van der Waals surface area contributed by atoms with Crippen LogP contribution in [-0.2, 0) is 14.8 Å². The molecule has 24 heavy (non-hydrogen) atoms. The van der Waals surface area contributed by atoms with Gasteiger partial charge in [-0.05, 0) is 61.4 Å². The third kappa shape index (κ3) is 4.48. The van der Waals surface area contributed by atoms with Gasteiger partial charge in [0, 0.05) is 17.7 Å². The zero-order valence-electron chi connectivity index (χ0n) is 12.9. The van der Waals surface area contributed by atoms with Crippen molar-refractivity contribution in [1.29, 1.82) is 0 Å². The molecule has 0 saturated carbocycles. The number of hydrogen-bond donors (Lipinski definition) is 1. The summed E-state index contributed by atoms with van der Waals surface area (Å²) in [6, 6.07) is 13.1. The minimum Gasteiger partial charge on any atom is -0.457 e. The van der Waals surface area contributed by atoms with E-state index in [2.05, 4.69) is 4.72 Å². The number of halogens is 1. The fourth-order valence-electron chi connectivity index (χ4n) is 2.45. The van der Waals surface area contributed by atoms with Gasteiger partial charge >= 0.3 is 0 Å². The maximum absolute atomic E-state index is 12.4. The Balaban J connectivity index is 1.67. The van der Waals surface area contributed by atoms with Gasteiger partial charge in [-0.15, -0.1) is 0 Å². The van der Waals surface area contributed by atoms with Crippen molar-refractivity contribution in [3.05, 3.63) is 53.6 Å². The lowest BCUT2D eigenvalue weighted by atomic mass is 10.1. The van der Waals surface area contributed by atoms with Crippen molar-refractivity contribution >= 4 is 21.6 Å². The summed E-state index contributed by atoms with van der Waals surface area (Å²) in [5.41, 5.74) is 0. The van der Waals surface area contributed by atoms with E-state index < -0.39 is 10.0 Å². The van der Waals surface area contributed by atoms with E-state index in [-0.39, 0.29) is 10.9 Å². The molecule has 0 radical (unpaired) electrons. The highest BCUT2D eigenvalue weighted by Crippen LogP contribution is 2.24. The summed E-state index contributed by atoms with van der Waals surface area (Å²) in [6.07, 6.45) is 1.65. The highest BCUT2D eigenvalue weighted by Gasteiger charge is 2.22. The van der Waals surface area contributed by atoms with Gasteiger partial charge in [-0.1, -0.05) is 11.6 Å². The van der Waals surface area contributed by atoms with Gasteiger partial charge in [0.05, 0.1) is 11.5 Å². The van der Waals surface area contributed by atoms with Crippen LogP contribution in [0.25, 0.3) is 0 Å². The fourth-order valence-corrected chi connectivity index (χ4v) is 3.83. The summed E-state index contributed by atoms with van der Waals surface area (Å²) in [7, 11) is -3.56. The summed E-state index contributed by atoms with van der Waals surface area (Å²) in [4.78, 5) is 0.205. The molecule has 0 spiro atoms. The lowest BCUT2D eigenvalue weighted by Gasteiger charge is -2.23. The van der Waals surface area contributed by atoms with Gasteiger partial charge < -0.3 is 9.47 Å². The molecule has 0 unspecified atom stereocenters. The molecule has 0 aliphatic carbocycles. The van der Waals surface area contributed by atoms with E-state index in [0.29, 0.717) is 29.7 Å². The molecule has 1 aliphatic heterocycles. The summed E-state index contributed by atoms with van der Waals surface area (Å²) < 4.78 is 38.4. The molecule has 1 N–H and O–H groups in total. The first-order valence-electron chi connectivity index (χ1n) is 7.66. The molecule has 0 amide bonds. The van der Waals surface area contributed by atoms with E-state index in [1.807, 2.05) is 0 Å². The normalized spacial score (nSPS) is 18.3. The van der Waals surface area contributed by atoms with E-state index in [1.165, 1.54) is 12.1 Å². The Morgan fingerprint density at radius 1 is 1.04 bits per heavy atom. The van der Waals surface area contributed by atoms with Gasteiger partial charge in [0.15, 0.2) is 0 Å². The minimum atomic E-state index is -3.56. The molecule has 1 fully saturated rings. The van der Waals surface area contributed by atoms with Gasteiger partial charge in [-0.25, -0.2) is 13.1 Å². The third-order valence-electron chi connectivity index (χ3n) is 3.67. The maximum Gasteiger partial charge on any atom is 0.240 e. The van der Waals surface area contributed by atoms with Crippen molar-refractivity contribution in [2.75, 3.05) is 13.2 Å². The first-order chi connectivity index (χ1) is 11.5. The number of hydrogen-bond acceptors (Lipinski definition) is 4. The summed E-state index contributed by atoms with van der Waals surface area (Å²) in [5, 5.41) is 0.626. The average molecular weight is 368 g/mol. The number of sulfonamides is 1. The smallest absolute Gasteiger partial charge is 0.240 e. The first kappa shape index (κ1) is 17.2. The maximum atomic E-state index is 12.4. The van der Waals surface area contributed by atoms with E-state index >= 15 is 0 Å². The molecular weight excluding hydrogens is 350 g/mol. The quantitative estimate of drug-likeness (QED) is 0.877. The number of benzene rings is 2. The van der Waals surface area contributed by atoms with Crippen molar-refractivity contribution in [3.8, 4) is 11.5 Å². The summed E-state index contributed by atoms with van der Waals surface area (Å²) in [6.45, 7) is 1.10. The molecule has 1 aliphatic rings. The van der Waals surface area contributed by atoms with Crippen molar-refractivity contribution < 1.29 is 17.9 Å². The van der Waals surface area contributed by atoms with Crippen molar-refractivity contribution in [2.24, 2.45) is 0 Å². The van der Waals surface area contributed by atoms with Crippen LogP contribution in [-0.4, -0.2) is 27.7 Å². The van der Waals surface area contributed by atoms with Crippen LogP contribution < -0.4 is 9.46 Å². The second kappa shape index (κ2) is 7.53. The topological polar surface area (TPSA) is 64.6 Å². The molecule has 5 nitrogen and oxygen atoms in total. The summed E-state index contributed by atoms with van der Waals surface area (Å²) >= 11 is 5.83. The molecule has 2 aromatic carbocycles.